The Morgan fingerprint density at radius 3 is 2.43 bits per heavy atom. The maximum Gasteiger partial charge on any atom is 2.00 e. The number of nitrogens with zero attached hydrogens (tertiary/aromatic N) is 3. The third kappa shape index (κ3) is 8.02. The molecule has 3 aliphatic rings. The zero-order valence-electron chi connectivity index (χ0n) is 34.0. The van der Waals surface area contributed by atoms with Gasteiger partial charge in [0.05, 0.1) is 19.4 Å². The van der Waals surface area contributed by atoms with Gasteiger partial charge in [0, 0.05) is 23.6 Å². The average Bonchev–Trinajstić information content (AvgIpc) is 3.90. The van der Waals surface area contributed by atoms with E-state index in [2.05, 4.69) is 39.6 Å². The zero-order chi connectivity index (χ0) is 39.7. The summed E-state index contributed by atoms with van der Waals surface area (Å²) in [6.07, 6.45) is 15.0. The van der Waals surface area contributed by atoms with Gasteiger partial charge in [-0.2, -0.15) is 0 Å². The van der Waals surface area contributed by atoms with Crippen molar-refractivity contribution in [2.45, 2.75) is 93.0 Å². The van der Waals surface area contributed by atoms with Gasteiger partial charge in [-0.05, 0) is 80.7 Å². The second kappa shape index (κ2) is 17.8. The Hall–Kier alpha value is -4.48. The van der Waals surface area contributed by atoms with Crippen LogP contribution in [0.4, 0.5) is 0 Å². The molecular formula is C45H53MgN4O6-. The van der Waals surface area contributed by atoms with Gasteiger partial charge in [-0.1, -0.05) is 87.3 Å². The minimum absolute atomic E-state index is 0. The van der Waals surface area contributed by atoms with Crippen LogP contribution in [0.1, 0.15) is 116 Å². The first-order valence-electron chi connectivity index (χ1n) is 19.4. The van der Waals surface area contributed by atoms with Crippen LogP contribution in [-0.4, -0.2) is 65.6 Å². The fourth-order valence-corrected chi connectivity index (χ4v) is 8.49. The molecule has 56 heavy (non-hydrogen) atoms. The molecule has 11 heteroatoms. The van der Waals surface area contributed by atoms with Crippen molar-refractivity contribution < 1.29 is 29.0 Å². The maximum atomic E-state index is 14.3. The monoisotopic (exact) mass is 769 g/mol. The summed E-state index contributed by atoms with van der Waals surface area (Å²) < 4.78 is 10.9. The number of ketones is 1. The Labute approximate surface area is 345 Å². The van der Waals surface area contributed by atoms with E-state index in [0.717, 1.165) is 53.6 Å². The van der Waals surface area contributed by atoms with Gasteiger partial charge in [0.1, 0.15) is 12.5 Å². The van der Waals surface area contributed by atoms with Crippen LogP contribution in [0.2, 0.25) is 0 Å². The molecular weight excluding hydrogens is 717 g/mol. The van der Waals surface area contributed by atoms with E-state index in [1.54, 1.807) is 6.08 Å². The number of nitrogens with one attached hydrogen (secondary N) is 1. The molecule has 1 unspecified atom stereocenters. The van der Waals surface area contributed by atoms with Crippen molar-refractivity contribution in [2.75, 3.05) is 13.7 Å². The summed E-state index contributed by atoms with van der Waals surface area (Å²) in [5, 5.41) is 16.2. The molecule has 3 aromatic rings. The van der Waals surface area contributed by atoms with E-state index in [-0.39, 0.29) is 59.7 Å². The zero-order valence-corrected chi connectivity index (χ0v) is 35.5. The van der Waals surface area contributed by atoms with Crippen LogP contribution in [0.5, 0.6) is 0 Å². The first-order valence-corrected chi connectivity index (χ1v) is 19.4. The fourth-order valence-electron chi connectivity index (χ4n) is 8.49. The van der Waals surface area contributed by atoms with Gasteiger partial charge in [-0.3, -0.25) is 14.4 Å². The van der Waals surface area contributed by atoms with Gasteiger partial charge < -0.3 is 34.8 Å². The Bertz CT molecular complexity index is 2350. The normalized spacial score (nSPS) is 22.4. The summed E-state index contributed by atoms with van der Waals surface area (Å²) in [7, 11) is 1.29. The molecule has 8 bridgehead atoms. The molecule has 4 atom stereocenters. The Kier molecular flexibility index (Phi) is 13.5. The van der Waals surface area contributed by atoms with Crippen molar-refractivity contribution in [3.8, 4) is 0 Å². The Morgan fingerprint density at radius 2 is 1.77 bits per heavy atom. The summed E-state index contributed by atoms with van der Waals surface area (Å²) >= 11 is 0. The molecule has 2 N–H and O–H groups in total. The van der Waals surface area contributed by atoms with Crippen LogP contribution < -0.4 is 41.5 Å². The third-order valence-electron chi connectivity index (χ3n) is 11.7. The molecule has 1 saturated heterocycles. The average molecular weight is 770 g/mol. The first kappa shape index (κ1) is 42.7. The van der Waals surface area contributed by atoms with Gasteiger partial charge in [-0.25, -0.2) is 0 Å². The number of fused-ring (bicyclic) bond motifs is 8. The number of carbonyl (C=O) groups is 3. The summed E-state index contributed by atoms with van der Waals surface area (Å²) in [5.74, 6) is -2.18. The Balaban J connectivity index is 0.00000600. The minimum Gasteiger partial charge on any atom is -0.657 e. The molecule has 2 aliphatic heterocycles. The third-order valence-corrected chi connectivity index (χ3v) is 11.7. The van der Waals surface area contributed by atoms with Crippen molar-refractivity contribution in [1.29, 1.82) is 0 Å². The first-order chi connectivity index (χ1) is 26.3. The number of aromatic nitrogens is 3. The molecule has 1 fully saturated rings. The largest absolute Gasteiger partial charge is 2.00 e. The molecule has 0 radical (unpaired) electrons. The quantitative estimate of drug-likeness (QED) is 0.121. The van der Waals surface area contributed by atoms with Crippen molar-refractivity contribution >= 4 is 76.9 Å². The van der Waals surface area contributed by atoms with Crippen molar-refractivity contribution in [3.63, 3.8) is 0 Å². The van der Waals surface area contributed by atoms with Crippen LogP contribution in [0.25, 0.3) is 36.1 Å². The van der Waals surface area contributed by atoms with Gasteiger partial charge >= 0.3 is 35.0 Å². The van der Waals surface area contributed by atoms with E-state index in [1.807, 2.05) is 45.1 Å². The number of ether oxygens (including phenoxy) is 2. The number of carbonyl (C=O) groups excluding carboxylic acids is 3. The predicted molar refractivity (Wildman–Crippen MR) is 220 cm³/mol. The number of hydrogen-bond donors (Lipinski definition) is 2. The van der Waals surface area contributed by atoms with E-state index in [0.29, 0.717) is 68.1 Å². The van der Waals surface area contributed by atoms with Crippen LogP contribution >= 0.6 is 0 Å². The second-order valence-corrected chi connectivity index (χ2v) is 15.5. The molecule has 1 aliphatic carbocycles. The predicted octanol–water partition coefficient (Wildman–Crippen LogP) is 3.76. The van der Waals surface area contributed by atoms with E-state index < -0.39 is 17.9 Å². The van der Waals surface area contributed by atoms with Crippen molar-refractivity contribution in [3.05, 3.63) is 90.1 Å². The molecule has 3 aromatic heterocycles. The topological polar surface area (TPSA) is 144 Å². The van der Waals surface area contributed by atoms with E-state index >= 15 is 0 Å². The molecule has 6 rings (SSSR count). The van der Waals surface area contributed by atoms with Crippen LogP contribution in [0.15, 0.2) is 23.9 Å². The van der Waals surface area contributed by atoms with E-state index in [9.17, 15) is 19.5 Å². The molecule has 0 amide bonds. The summed E-state index contributed by atoms with van der Waals surface area (Å²) in [6, 6.07) is -0.521. The molecule has 0 aromatic carbocycles. The molecule has 0 spiro atoms. The smallest absolute Gasteiger partial charge is 0.657 e. The molecule has 292 valence electrons. The summed E-state index contributed by atoms with van der Waals surface area (Å²) in [6.45, 7) is 18.7. The van der Waals surface area contributed by atoms with Crippen molar-refractivity contribution in [1.82, 2.24) is 20.3 Å². The molecule has 10 nitrogen and oxygen atoms in total. The van der Waals surface area contributed by atoms with Crippen LogP contribution in [0.3, 0.4) is 0 Å². The van der Waals surface area contributed by atoms with E-state index in [4.69, 9.17) is 24.4 Å². The van der Waals surface area contributed by atoms with Gasteiger partial charge in [0.2, 0.25) is 0 Å². The summed E-state index contributed by atoms with van der Waals surface area (Å²) in [5.41, 5.74) is 8.24. The number of methoxy groups -OCH3 is 1. The number of hydrogen-bond acceptors (Lipinski definition) is 7. The molecule has 0 saturated carbocycles. The van der Waals surface area contributed by atoms with Gasteiger partial charge in [0.15, 0.2) is 5.78 Å². The van der Waals surface area contributed by atoms with Crippen LogP contribution in [0, 0.1) is 37.5 Å². The van der Waals surface area contributed by atoms with Gasteiger partial charge in [0.25, 0.3) is 0 Å². The SMILES string of the molecule is C=Cc1c2[n-]c(c1C)/C=C1\NC(C3=c4[n-]/c(c(C)c4C(=O)[C@@H]3C(=O)OC)=C\c3[n-]c(/c(=C\O)c3CC)=C\2)[C@@H](CCC(=O)OC/C=C(\C)CCCC(C)C)[C@@H]1C.[Mg+2]. The maximum absolute atomic E-state index is 14.3. The Morgan fingerprint density at radius 1 is 1.04 bits per heavy atom. The van der Waals surface area contributed by atoms with Gasteiger partial charge in [-0.15, -0.1) is 33.1 Å². The van der Waals surface area contributed by atoms with Crippen molar-refractivity contribution in [2.24, 2.45) is 23.7 Å². The van der Waals surface area contributed by atoms with E-state index in [1.165, 1.54) is 12.7 Å². The standard InChI is InChI=1S/C45H53N4O6.Mg/c1-10-28-25(6)32-19-33-26(7)30(15-16-38(51)55-18-17-24(5)14-12-13-23(3)4)42(48-33)40-41(45(53)54-9)44(52)39-27(8)34(49-43(39)40)20-36-29(11-2)31(22-50)37(47-36)21-35(28)46-32;/h10,17,19-23,26,30,41-42,48H,1,11-16,18H2,2-9H3,(H,50,52);/q-3;+2/b24-17+,33-19-,37-21-;/t26-,30-,41+,42?;/m0./s1. The summed E-state index contributed by atoms with van der Waals surface area (Å²) in [4.78, 5) is 56.0. The number of allylic oxidation sites excluding steroid dienone is 2. The number of Topliss-reactive ketones (excluding diaryl/α,β-unsaturated/α-hetero) is 1. The number of aliphatic hydroxyl groups excluding tert-OH is 1. The number of rotatable bonds is 12. The number of aliphatic hydroxyl groups is 1. The fraction of sp³-hybridized carbons (Fsp3) is 0.444. The second-order valence-electron chi connectivity index (χ2n) is 15.5. The minimum atomic E-state index is -1.19. The number of esters is 2. The van der Waals surface area contributed by atoms with Crippen LogP contribution in [-0.2, 0) is 25.5 Å². The molecule has 5 heterocycles.